The standard InChI is InChI=1S/C19H24O2/c1-4-14-21-18-12-8-16(9-13-18)19(3,5-2)15-6-10-17(20)11-7-15/h6-13,20H,4-5,14H2,1-3H3. The Labute approximate surface area is 127 Å². The maximum atomic E-state index is 9.47. The zero-order valence-electron chi connectivity index (χ0n) is 13.1. The zero-order valence-corrected chi connectivity index (χ0v) is 13.1. The van der Waals surface area contributed by atoms with Gasteiger partial charge in [0.15, 0.2) is 0 Å². The average Bonchev–Trinajstić information content (AvgIpc) is 2.53. The summed E-state index contributed by atoms with van der Waals surface area (Å²) in [6.45, 7) is 7.28. The Morgan fingerprint density at radius 1 is 0.905 bits per heavy atom. The number of benzene rings is 2. The molecule has 0 bridgehead atoms. The second kappa shape index (κ2) is 6.66. The van der Waals surface area contributed by atoms with Crippen molar-refractivity contribution in [3.63, 3.8) is 0 Å². The topological polar surface area (TPSA) is 29.5 Å². The number of hydrogen-bond donors (Lipinski definition) is 1. The number of rotatable bonds is 6. The average molecular weight is 284 g/mol. The minimum absolute atomic E-state index is 0.0585. The molecular formula is C19H24O2. The Balaban J connectivity index is 2.29. The van der Waals surface area contributed by atoms with Gasteiger partial charge < -0.3 is 9.84 Å². The third-order valence-electron chi connectivity index (χ3n) is 4.18. The molecule has 2 rings (SSSR count). The van der Waals surface area contributed by atoms with Crippen LogP contribution in [0.4, 0.5) is 0 Å². The molecule has 21 heavy (non-hydrogen) atoms. The van der Waals surface area contributed by atoms with Crippen LogP contribution in [0.1, 0.15) is 44.7 Å². The Kier molecular flexibility index (Phi) is 4.89. The summed E-state index contributed by atoms with van der Waals surface area (Å²) in [6.07, 6.45) is 2.01. The SMILES string of the molecule is CCCOc1ccc(C(C)(CC)c2ccc(O)cc2)cc1. The largest absolute Gasteiger partial charge is 0.508 e. The van der Waals surface area contributed by atoms with E-state index in [-0.39, 0.29) is 5.41 Å². The minimum atomic E-state index is -0.0585. The van der Waals surface area contributed by atoms with Crippen LogP contribution in [-0.4, -0.2) is 11.7 Å². The molecule has 0 fully saturated rings. The van der Waals surface area contributed by atoms with Gasteiger partial charge in [-0.05, 0) is 48.2 Å². The van der Waals surface area contributed by atoms with Crippen molar-refractivity contribution in [1.29, 1.82) is 0 Å². The molecule has 0 saturated carbocycles. The predicted octanol–water partition coefficient (Wildman–Crippen LogP) is 4.90. The Morgan fingerprint density at radius 2 is 1.43 bits per heavy atom. The van der Waals surface area contributed by atoms with Crippen molar-refractivity contribution >= 4 is 0 Å². The first-order valence-electron chi connectivity index (χ1n) is 7.63. The monoisotopic (exact) mass is 284 g/mol. The first-order valence-corrected chi connectivity index (χ1v) is 7.63. The van der Waals surface area contributed by atoms with Crippen molar-refractivity contribution < 1.29 is 9.84 Å². The summed E-state index contributed by atoms with van der Waals surface area (Å²) in [5.41, 5.74) is 2.42. The van der Waals surface area contributed by atoms with E-state index in [1.54, 1.807) is 12.1 Å². The van der Waals surface area contributed by atoms with Gasteiger partial charge in [0.25, 0.3) is 0 Å². The molecule has 0 aliphatic carbocycles. The van der Waals surface area contributed by atoms with Gasteiger partial charge in [0.05, 0.1) is 6.61 Å². The molecule has 2 aromatic carbocycles. The van der Waals surface area contributed by atoms with Crippen molar-refractivity contribution in [2.24, 2.45) is 0 Å². The third-order valence-corrected chi connectivity index (χ3v) is 4.18. The summed E-state index contributed by atoms with van der Waals surface area (Å²) in [5.74, 6) is 1.23. The zero-order chi connectivity index (χ0) is 15.3. The first kappa shape index (κ1) is 15.4. The Morgan fingerprint density at radius 3 is 1.90 bits per heavy atom. The van der Waals surface area contributed by atoms with Gasteiger partial charge in [-0.3, -0.25) is 0 Å². The van der Waals surface area contributed by atoms with E-state index in [0.29, 0.717) is 5.75 Å². The second-order valence-corrected chi connectivity index (χ2v) is 5.61. The van der Waals surface area contributed by atoms with E-state index in [2.05, 4.69) is 32.9 Å². The Bertz CT molecular complexity index is 557. The number of hydrogen-bond acceptors (Lipinski definition) is 2. The van der Waals surface area contributed by atoms with Crippen molar-refractivity contribution in [3.05, 3.63) is 59.7 Å². The second-order valence-electron chi connectivity index (χ2n) is 5.61. The van der Waals surface area contributed by atoms with Crippen LogP contribution < -0.4 is 4.74 Å². The van der Waals surface area contributed by atoms with Crippen LogP contribution in [0.15, 0.2) is 48.5 Å². The molecule has 0 aliphatic heterocycles. The van der Waals surface area contributed by atoms with Crippen LogP contribution in [0.5, 0.6) is 11.5 Å². The molecule has 0 aliphatic rings. The quantitative estimate of drug-likeness (QED) is 0.817. The lowest BCUT2D eigenvalue weighted by Crippen LogP contribution is -2.22. The molecule has 0 aromatic heterocycles. The van der Waals surface area contributed by atoms with E-state index < -0.39 is 0 Å². The van der Waals surface area contributed by atoms with E-state index >= 15 is 0 Å². The molecule has 2 heteroatoms. The van der Waals surface area contributed by atoms with E-state index in [9.17, 15) is 5.11 Å². The predicted molar refractivity (Wildman–Crippen MR) is 87.1 cm³/mol. The van der Waals surface area contributed by atoms with E-state index in [1.165, 1.54) is 11.1 Å². The van der Waals surface area contributed by atoms with Crippen LogP contribution in [0.3, 0.4) is 0 Å². The fraction of sp³-hybridized carbons (Fsp3) is 0.368. The third kappa shape index (κ3) is 3.38. The van der Waals surface area contributed by atoms with Crippen molar-refractivity contribution in [2.75, 3.05) is 6.61 Å². The summed E-state index contributed by atoms with van der Waals surface area (Å²) in [4.78, 5) is 0. The number of aromatic hydroxyl groups is 1. The summed E-state index contributed by atoms with van der Waals surface area (Å²) in [6, 6.07) is 15.9. The lowest BCUT2D eigenvalue weighted by molar-refractivity contribution is 0.317. The van der Waals surface area contributed by atoms with Gasteiger partial charge in [0.1, 0.15) is 11.5 Å². The molecule has 0 radical (unpaired) electrons. The highest BCUT2D eigenvalue weighted by Crippen LogP contribution is 2.36. The minimum Gasteiger partial charge on any atom is -0.508 e. The summed E-state index contributed by atoms with van der Waals surface area (Å²) < 4.78 is 5.64. The molecule has 0 spiro atoms. The fourth-order valence-corrected chi connectivity index (χ4v) is 2.54. The Hall–Kier alpha value is -1.96. The van der Waals surface area contributed by atoms with Gasteiger partial charge in [-0.15, -0.1) is 0 Å². The number of phenolic OH excluding ortho intramolecular Hbond substituents is 1. The van der Waals surface area contributed by atoms with E-state index in [0.717, 1.165) is 25.2 Å². The van der Waals surface area contributed by atoms with Gasteiger partial charge in [0.2, 0.25) is 0 Å². The van der Waals surface area contributed by atoms with Gasteiger partial charge in [-0.25, -0.2) is 0 Å². The lowest BCUT2D eigenvalue weighted by Gasteiger charge is -2.30. The maximum Gasteiger partial charge on any atom is 0.119 e. The van der Waals surface area contributed by atoms with Gasteiger partial charge >= 0.3 is 0 Å². The van der Waals surface area contributed by atoms with Crippen LogP contribution in [0.25, 0.3) is 0 Å². The first-order chi connectivity index (χ1) is 10.1. The molecule has 0 amide bonds. The van der Waals surface area contributed by atoms with E-state index in [1.807, 2.05) is 24.3 Å². The van der Waals surface area contributed by atoms with Gasteiger partial charge in [-0.2, -0.15) is 0 Å². The molecule has 112 valence electrons. The summed E-state index contributed by atoms with van der Waals surface area (Å²) in [5, 5.41) is 9.47. The fourth-order valence-electron chi connectivity index (χ4n) is 2.54. The van der Waals surface area contributed by atoms with Gasteiger partial charge in [-0.1, -0.05) is 45.0 Å². The van der Waals surface area contributed by atoms with Gasteiger partial charge in [0, 0.05) is 5.41 Å². The highest BCUT2D eigenvalue weighted by atomic mass is 16.5. The molecule has 1 unspecified atom stereocenters. The van der Waals surface area contributed by atoms with Crippen LogP contribution in [-0.2, 0) is 5.41 Å². The lowest BCUT2D eigenvalue weighted by atomic mass is 9.74. The normalized spacial score (nSPS) is 13.7. The van der Waals surface area contributed by atoms with Crippen LogP contribution in [0, 0.1) is 0 Å². The van der Waals surface area contributed by atoms with E-state index in [4.69, 9.17) is 4.74 Å². The number of ether oxygens (including phenoxy) is 1. The molecule has 2 aromatic rings. The molecular weight excluding hydrogens is 260 g/mol. The van der Waals surface area contributed by atoms with Crippen molar-refractivity contribution in [2.45, 2.75) is 39.0 Å². The van der Waals surface area contributed by atoms with Crippen LogP contribution >= 0.6 is 0 Å². The molecule has 2 nitrogen and oxygen atoms in total. The van der Waals surface area contributed by atoms with Crippen molar-refractivity contribution in [3.8, 4) is 11.5 Å². The summed E-state index contributed by atoms with van der Waals surface area (Å²) >= 11 is 0. The van der Waals surface area contributed by atoms with Crippen molar-refractivity contribution in [1.82, 2.24) is 0 Å². The highest BCUT2D eigenvalue weighted by Gasteiger charge is 2.26. The molecule has 0 heterocycles. The molecule has 1 atom stereocenters. The summed E-state index contributed by atoms with van der Waals surface area (Å²) in [7, 11) is 0. The smallest absolute Gasteiger partial charge is 0.119 e. The molecule has 1 N–H and O–H groups in total. The number of phenols is 1. The molecule has 0 saturated heterocycles. The highest BCUT2D eigenvalue weighted by molar-refractivity contribution is 5.42. The maximum absolute atomic E-state index is 9.47. The van der Waals surface area contributed by atoms with Crippen LogP contribution in [0.2, 0.25) is 0 Å².